The summed E-state index contributed by atoms with van der Waals surface area (Å²) in [5, 5.41) is 9.59. The summed E-state index contributed by atoms with van der Waals surface area (Å²) in [4.78, 5) is 16.6. The van der Waals surface area contributed by atoms with Gasteiger partial charge in [0.25, 0.3) is 5.91 Å². The van der Waals surface area contributed by atoms with Crippen molar-refractivity contribution in [1.29, 1.82) is 0 Å². The van der Waals surface area contributed by atoms with Gasteiger partial charge in [0.15, 0.2) is 0 Å². The maximum atomic E-state index is 12.4. The number of nitrogens with two attached hydrogens (primary N) is 1. The van der Waals surface area contributed by atoms with Gasteiger partial charge in [0.2, 0.25) is 0 Å². The van der Waals surface area contributed by atoms with Crippen LogP contribution in [0.3, 0.4) is 0 Å². The lowest BCUT2D eigenvalue weighted by Gasteiger charge is -2.42. The second-order valence-corrected chi connectivity index (χ2v) is 6.22. The molecule has 0 aliphatic carbocycles. The Balaban J connectivity index is 2.03. The summed E-state index contributed by atoms with van der Waals surface area (Å²) >= 11 is 0. The molecule has 5 nitrogen and oxygen atoms in total. The van der Waals surface area contributed by atoms with Crippen molar-refractivity contribution in [2.24, 2.45) is 0 Å². The topological polar surface area (TPSA) is 69.8 Å². The molecule has 0 spiro atoms. The van der Waals surface area contributed by atoms with Gasteiger partial charge in [-0.25, -0.2) is 0 Å². The van der Waals surface area contributed by atoms with Crippen LogP contribution in [0.5, 0.6) is 5.75 Å². The molecule has 0 aromatic heterocycles. The number of carbonyl (C=O) groups excluding carboxylic acids is 1. The molecule has 110 valence electrons. The van der Waals surface area contributed by atoms with Gasteiger partial charge in [0.05, 0.1) is 5.69 Å². The average molecular weight is 277 g/mol. The second-order valence-electron chi connectivity index (χ2n) is 6.22. The number of hydrogen-bond acceptors (Lipinski definition) is 4. The van der Waals surface area contributed by atoms with Crippen LogP contribution in [0.2, 0.25) is 0 Å². The molecule has 1 aliphatic heterocycles. The Morgan fingerprint density at radius 1 is 1.20 bits per heavy atom. The Morgan fingerprint density at radius 2 is 1.80 bits per heavy atom. The molecule has 1 aromatic carbocycles. The summed E-state index contributed by atoms with van der Waals surface area (Å²) in [5.41, 5.74) is 6.46. The molecular formula is C15H23N3O2. The zero-order valence-electron chi connectivity index (χ0n) is 12.4. The smallest absolute Gasteiger partial charge is 0.254 e. The normalized spacial score (nSPS) is 17.2. The number of benzene rings is 1. The number of phenolic OH excluding ortho intramolecular Hbond substituents is 1. The van der Waals surface area contributed by atoms with Crippen LogP contribution in [-0.4, -0.2) is 52.5 Å². The van der Waals surface area contributed by atoms with Crippen molar-refractivity contribution >= 4 is 11.6 Å². The van der Waals surface area contributed by atoms with E-state index < -0.39 is 0 Å². The van der Waals surface area contributed by atoms with Crippen LogP contribution >= 0.6 is 0 Å². The monoisotopic (exact) mass is 277 g/mol. The van der Waals surface area contributed by atoms with Gasteiger partial charge < -0.3 is 15.7 Å². The van der Waals surface area contributed by atoms with Crippen molar-refractivity contribution in [3.63, 3.8) is 0 Å². The number of amides is 1. The minimum atomic E-state index is -0.0474. The molecule has 2 rings (SSSR count). The van der Waals surface area contributed by atoms with Gasteiger partial charge in [0, 0.05) is 37.3 Å². The maximum Gasteiger partial charge on any atom is 0.254 e. The van der Waals surface area contributed by atoms with E-state index in [0.29, 0.717) is 24.3 Å². The molecule has 0 bridgehead atoms. The van der Waals surface area contributed by atoms with E-state index in [4.69, 9.17) is 5.73 Å². The molecule has 0 atom stereocenters. The summed E-state index contributed by atoms with van der Waals surface area (Å²) in [7, 11) is 0. The number of aromatic hydroxyl groups is 1. The van der Waals surface area contributed by atoms with Crippen molar-refractivity contribution in [3.05, 3.63) is 23.8 Å². The fourth-order valence-corrected chi connectivity index (χ4v) is 2.44. The van der Waals surface area contributed by atoms with E-state index in [1.165, 1.54) is 6.07 Å². The molecule has 3 N–H and O–H groups in total. The first kappa shape index (κ1) is 14.7. The first-order valence-electron chi connectivity index (χ1n) is 6.92. The van der Waals surface area contributed by atoms with Crippen LogP contribution in [0.25, 0.3) is 0 Å². The lowest BCUT2D eigenvalue weighted by atomic mass is 10.0. The number of nitrogens with zero attached hydrogens (tertiary/aromatic N) is 2. The first-order valence-corrected chi connectivity index (χ1v) is 6.92. The molecule has 1 amide bonds. The van der Waals surface area contributed by atoms with Crippen LogP contribution in [0.1, 0.15) is 31.1 Å². The minimum Gasteiger partial charge on any atom is -0.506 e. The third-order valence-electron chi connectivity index (χ3n) is 3.79. The Hall–Kier alpha value is -1.75. The Bertz CT molecular complexity index is 500. The highest BCUT2D eigenvalue weighted by Crippen LogP contribution is 2.22. The van der Waals surface area contributed by atoms with Gasteiger partial charge >= 0.3 is 0 Å². The second kappa shape index (κ2) is 5.32. The van der Waals surface area contributed by atoms with Crippen molar-refractivity contribution in [3.8, 4) is 5.75 Å². The van der Waals surface area contributed by atoms with E-state index >= 15 is 0 Å². The molecule has 1 saturated heterocycles. The number of piperazine rings is 1. The van der Waals surface area contributed by atoms with E-state index in [0.717, 1.165) is 13.1 Å². The fourth-order valence-electron chi connectivity index (χ4n) is 2.44. The van der Waals surface area contributed by atoms with Gasteiger partial charge in [-0.1, -0.05) is 0 Å². The predicted molar refractivity (Wildman–Crippen MR) is 79.7 cm³/mol. The van der Waals surface area contributed by atoms with Crippen LogP contribution in [0.15, 0.2) is 18.2 Å². The van der Waals surface area contributed by atoms with Gasteiger partial charge in [-0.2, -0.15) is 0 Å². The molecule has 20 heavy (non-hydrogen) atoms. The molecular weight excluding hydrogens is 254 g/mol. The van der Waals surface area contributed by atoms with Crippen LogP contribution < -0.4 is 5.73 Å². The van der Waals surface area contributed by atoms with E-state index in [2.05, 4.69) is 25.7 Å². The molecule has 0 saturated carbocycles. The first-order chi connectivity index (χ1) is 9.29. The van der Waals surface area contributed by atoms with Crippen LogP contribution in [0, 0.1) is 0 Å². The van der Waals surface area contributed by atoms with Crippen LogP contribution in [0.4, 0.5) is 5.69 Å². The lowest BCUT2D eigenvalue weighted by molar-refractivity contribution is 0.0451. The molecule has 1 aliphatic rings. The quantitative estimate of drug-likeness (QED) is 0.603. The van der Waals surface area contributed by atoms with Gasteiger partial charge in [-0.15, -0.1) is 0 Å². The number of carbonyl (C=O) groups is 1. The molecule has 1 fully saturated rings. The lowest BCUT2D eigenvalue weighted by Crippen LogP contribution is -2.54. The maximum absolute atomic E-state index is 12.4. The number of phenols is 1. The number of hydrogen-bond donors (Lipinski definition) is 2. The number of nitrogen functional groups attached to an aromatic ring is 1. The van der Waals surface area contributed by atoms with Crippen molar-refractivity contribution in [1.82, 2.24) is 9.80 Å². The Morgan fingerprint density at radius 3 is 2.30 bits per heavy atom. The summed E-state index contributed by atoms with van der Waals surface area (Å²) in [6.45, 7) is 9.71. The third-order valence-corrected chi connectivity index (χ3v) is 3.79. The SMILES string of the molecule is CC(C)(C)N1CCN(C(=O)c2ccc(N)c(O)c2)CC1. The van der Waals surface area contributed by atoms with Gasteiger partial charge in [0.1, 0.15) is 5.75 Å². The van der Waals surface area contributed by atoms with Crippen molar-refractivity contribution in [2.75, 3.05) is 31.9 Å². The van der Waals surface area contributed by atoms with E-state index in [1.807, 2.05) is 4.90 Å². The minimum absolute atomic E-state index is 0.0378. The standard InChI is InChI=1S/C15H23N3O2/c1-15(2,3)18-8-6-17(7-9-18)14(20)11-4-5-12(16)13(19)10-11/h4-5,10,19H,6-9,16H2,1-3H3. The number of rotatable bonds is 1. The molecule has 0 unspecified atom stereocenters. The molecule has 5 heteroatoms. The van der Waals surface area contributed by atoms with E-state index in [9.17, 15) is 9.90 Å². The van der Waals surface area contributed by atoms with Crippen LogP contribution in [-0.2, 0) is 0 Å². The van der Waals surface area contributed by atoms with E-state index in [1.54, 1.807) is 12.1 Å². The molecule has 0 radical (unpaired) electrons. The fraction of sp³-hybridized carbons (Fsp3) is 0.533. The summed E-state index contributed by atoms with van der Waals surface area (Å²) < 4.78 is 0. The zero-order chi connectivity index (χ0) is 14.9. The summed E-state index contributed by atoms with van der Waals surface area (Å²) in [5.74, 6) is -0.0852. The Kier molecular flexibility index (Phi) is 3.90. The largest absolute Gasteiger partial charge is 0.506 e. The highest BCUT2D eigenvalue weighted by Gasteiger charge is 2.28. The number of anilines is 1. The zero-order valence-corrected chi connectivity index (χ0v) is 12.4. The van der Waals surface area contributed by atoms with Gasteiger partial charge in [-0.05, 0) is 39.0 Å². The Labute approximate surface area is 120 Å². The summed E-state index contributed by atoms with van der Waals surface area (Å²) in [6, 6.07) is 4.66. The van der Waals surface area contributed by atoms with Gasteiger partial charge in [-0.3, -0.25) is 9.69 Å². The predicted octanol–water partition coefficient (Wildman–Crippen LogP) is 1.53. The molecule has 1 aromatic rings. The highest BCUT2D eigenvalue weighted by atomic mass is 16.3. The molecule has 1 heterocycles. The average Bonchev–Trinajstić information content (AvgIpc) is 2.40. The van der Waals surface area contributed by atoms with E-state index in [-0.39, 0.29) is 17.2 Å². The van der Waals surface area contributed by atoms with Crippen molar-refractivity contribution < 1.29 is 9.90 Å². The summed E-state index contributed by atoms with van der Waals surface area (Å²) in [6.07, 6.45) is 0. The third kappa shape index (κ3) is 3.04. The highest BCUT2D eigenvalue weighted by molar-refractivity contribution is 5.95. The van der Waals surface area contributed by atoms with Crippen molar-refractivity contribution in [2.45, 2.75) is 26.3 Å².